The number of nitrogens with zero attached hydrogens (tertiary/aromatic N) is 1. The number of anilines is 1. The molecule has 0 spiro atoms. The minimum absolute atomic E-state index is 0.146. The second kappa shape index (κ2) is 5.93. The Balaban J connectivity index is 2.59. The summed E-state index contributed by atoms with van der Waals surface area (Å²) < 4.78 is 1.89. The summed E-state index contributed by atoms with van der Waals surface area (Å²) in [6.07, 6.45) is 2.70. The first kappa shape index (κ1) is 12.3. The van der Waals surface area contributed by atoms with Crippen LogP contribution >= 0.6 is 43.5 Å². The van der Waals surface area contributed by atoms with E-state index in [-0.39, 0.29) is 5.38 Å². The van der Waals surface area contributed by atoms with Crippen LogP contribution in [0, 0.1) is 0 Å². The van der Waals surface area contributed by atoms with Gasteiger partial charge in [0.1, 0.15) is 5.82 Å². The number of aromatic nitrogens is 1. The van der Waals surface area contributed by atoms with Crippen LogP contribution in [0.25, 0.3) is 0 Å². The Morgan fingerprint density at radius 3 is 2.86 bits per heavy atom. The number of alkyl halides is 1. The first-order chi connectivity index (χ1) is 6.63. The maximum atomic E-state index is 5.98. The fraction of sp³-hybridized carbons (Fsp3) is 0.444. The van der Waals surface area contributed by atoms with E-state index in [1.165, 1.54) is 0 Å². The molecule has 1 aromatic rings. The van der Waals surface area contributed by atoms with Gasteiger partial charge in [0.15, 0.2) is 0 Å². The molecule has 0 aliphatic carbocycles. The van der Waals surface area contributed by atoms with Crippen molar-refractivity contribution in [2.75, 3.05) is 11.9 Å². The Labute approximate surface area is 106 Å². The summed E-state index contributed by atoms with van der Waals surface area (Å²) in [5.41, 5.74) is 0. The number of hydrogen-bond acceptors (Lipinski definition) is 2. The van der Waals surface area contributed by atoms with Crippen LogP contribution in [-0.4, -0.2) is 16.9 Å². The predicted octanol–water partition coefficient (Wildman–Crippen LogP) is 4.04. The SMILES string of the molecule is CCC(Cl)CNc1ncc(Br)cc1Br. The Bertz CT molecular complexity index is 307. The number of halogens is 3. The normalized spacial score (nSPS) is 12.6. The summed E-state index contributed by atoms with van der Waals surface area (Å²) in [5, 5.41) is 3.33. The zero-order valence-corrected chi connectivity index (χ0v) is 11.7. The molecular weight excluding hydrogens is 331 g/mol. The molecule has 0 radical (unpaired) electrons. The third-order valence-corrected chi connectivity index (χ3v) is 3.24. The van der Waals surface area contributed by atoms with Gasteiger partial charge in [-0.05, 0) is 44.3 Å². The van der Waals surface area contributed by atoms with Crippen LogP contribution < -0.4 is 5.32 Å². The lowest BCUT2D eigenvalue weighted by molar-refractivity contribution is 0.840. The third-order valence-electron chi connectivity index (χ3n) is 1.74. The smallest absolute Gasteiger partial charge is 0.140 e. The van der Waals surface area contributed by atoms with Crippen LogP contribution in [0.3, 0.4) is 0 Å². The van der Waals surface area contributed by atoms with Crippen LogP contribution in [0.5, 0.6) is 0 Å². The lowest BCUT2D eigenvalue weighted by Gasteiger charge is -2.10. The molecule has 1 rings (SSSR count). The predicted molar refractivity (Wildman–Crippen MR) is 68.1 cm³/mol. The highest BCUT2D eigenvalue weighted by atomic mass is 79.9. The summed E-state index contributed by atoms with van der Waals surface area (Å²) in [6.45, 7) is 2.79. The highest BCUT2D eigenvalue weighted by molar-refractivity contribution is 9.11. The highest BCUT2D eigenvalue weighted by Gasteiger charge is 2.04. The molecule has 5 heteroatoms. The number of nitrogens with one attached hydrogen (secondary N) is 1. The summed E-state index contributed by atoms with van der Waals surface area (Å²) in [5.74, 6) is 0.826. The van der Waals surface area contributed by atoms with Gasteiger partial charge >= 0.3 is 0 Å². The maximum absolute atomic E-state index is 5.98. The summed E-state index contributed by atoms with van der Waals surface area (Å²) >= 11 is 12.7. The van der Waals surface area contributed by atoms with Crippen molar-refractivity contribution in [1.29, 1.82) is 0 Å². The molecular formula is C9H11Br2ClN2. The summed E-state index contributed by atoms with van der Waals surface area (Å²) in [6, 6.07) is 1.95. The third kappa shape index (κ3) is 3.75. The van der Waals surface area contributed by atoms with E-state index in [2.05, 4.69) is 49.1 Å². The Morgan fingerprint density at radius 2 is 2.29 bits per heavy atom. The fourth-order valence-corrected chi connectivity index (χ4v) is 2.10. The molecule has 2 nitrogen and oxygen atoms in total. The van der Waals surface area contributed by atoms with Crippen molar-refractivity contribution in [1.82, 2.24) is 4.98 Å². The molecule has 78 valence electrons. The summed E-state index contributed by atoms with van der Waals surface area (Å²) in [4.78, 5) is 4.22. The molecule has 0 aromatic carbocycles. The van der Waals surface area contributed by atoms with Crippen LogP contribution in [0.15, 0.2) is 21.2 Å². The minimum Gasteiger partial charge on any atom is -0.368 e. The van der Waals surface area contributed by atoms with E-state index in [0.29, 0.717) is 0 Å². The average molecular weight is 342 g/mol. The van der Waals surface area contributed by atoms with Gasteiger partial charge in [0.25, 0.3) is 0 Å². The van der Waals surface area contributed by atoms with Gasteiger partial charge in [0, 0.05) is 17.2 Å². The molecule has 14 heavy (non-hydrogen) atoms. The molecule has 0 aliphatic rings. The molecule has 1 unspecified atom stereocenters. The molecule has 0 amide bonds. The van der Waals surface area contributed by atoms with E-state index >= 15 is 0 Å². The van der Waals surface area contributed by atoms with Gasteiger partial charge < -0.3 is 5.32 Å². The molecule has 0 bridgehead atoms. The van der Waals surface area contributed by atoms with E-state index in [1.807, 2.05) is 6.07 Å². The fourth-order valence-electron chi connectivity index (χ4n) is 0.896. The van der Waals surface area contributed by atoms with Gasteiger partial charge in [-0.15, -0.1) is 11.6 Å². The molecule has 0 saturated heterocycles. The lowest BCUT2D eigenvalue weighted by atomic mass is 10.3. The molecule has 1 atom stereocenters. The van der Waals surface area contributed by atoms with Gasteiger partial charge in [-0.25, -0.2) is 4.98 Å². The van der Waals surface area contributed by atoms with E-state index in [4.69, 9.17) is 11.6 Å². The van der Waals surface area contributed by atoms with E-state index < -0.39 is 0 Å². The molecule has 0 aliphatic heterocycles. The molecule has 1 N–H and O–H groups in total. The largest absolute Gasteiger partial charge is 0.368 e. The van der Waals surface area contributed by atoms with Gasteiger partial charge in [-0.3, -0.25) is 0 Å². The molecule has 0 saturated carbocycles. The van der Waals surface area contributed by atoms with Crippen LogP contribution in [0.1, 0.15) is 13.3 Å². The Kier molecular flexibility index (Phi) is 5.20. The van der Waals surface area contributed by atoms with Crippen molar-refractivity contribution in [2.45, 2.75) is 18.7 Å². The second-order valence-corrected chi connectivity index (χ2v) is 5.26. The van der Waals surface area contributed by atoms with Gasteiger partial charge in [-0.1, -0.05) is 6.92 Å². The monoisotopic (exact) mass is 340 g/mol. The number of rotatable bonds is 4. The van der Waals surface area contributed by atoms with Crippen molar-refractivity contribution in [3.8, 4) is 0 Å². The topological polar surface area (TPSA) is 24.9 Å². The number of hydrogen-bond donors (Lipinski definition) is 1. The second-order valence-electron chi connectivity index (χ2n) is 2.87. The van der Waals surface area contributed by atoms with E-state index in [9.17, 15) is 0 Å². The van der Waals surface area contributed by atoms with Crippen molar-refractivity contribution < 1.29 is 0 Å². The van der Waals surface area contributed by atoms with Gasteiger partial charge in [0.05, 0.1) is 9.85 Å². The zero-order valence-electron chi connectivity index (χ0n) is 7.73. The van der Waals surface area contributed by atoms with Gasteiger partial charge in [-0.2, -0.15) is 0 Å². The van der Waals surface area contributed by atoms with Crippen LogP contribution in [-0.2, 0) is 0 Å². The van der Waals surface area contributed by atoms with Crippen LogP contribution in [0.4, 0.5) is 5.82 Å². The molecule has 1 aromatic heterocycles. The first-order valence-electron chi connectivity index (χ1n) is 4.32. The standard InChI is InChI=1S/C9H11Br2ClN2/c1-2-7(12)5-14-9-8(11)3-6(10)4-13-9/h3-4,7H,2,5H2,1H3,(H,13,14). The molecule has 0 fully saturated rings. The van der Waals surface area contributed by atoms with Crippen molar-refractivity contribution >= 4 is 49.3 Å². The quantitative estimate of drug-likeness (QED) is 0.836. The Hall–Kier alpha value is 0.200. The maximum Gasteiger partial charge on any atom is 0.140 e. The van der Waals surface area contributed by atoms with Crippen molar-refractivity contribution in [3.63, 3.8) is 0 Å². The minimum atomic E-state index is 0.146. The Morgan fingerprint density at radius 1 is 1.57 bits per heavy atom. The molecule has 1 heterocycles. The van der Waals surface area contributed by atoms with Crippen LogP contribution in [0.2, 0.25) is 0 Å². The van der Waals surface area contributed by atoms with Crippen molar-refractivity contribution in [2.24, 2.45) is 0 Å². The van der Waals surface area contributed by atoms with Gasteiger partial charge in [0.2, 0.25) is 0 Å². The summed E-state index contributed by atoms with van der Waals surface area (Å²) in [7, 11) is 0. The van der Waals surface area contributed by atoms with E-state index in [1.54, 1.807) is 6.20 Å². The lowest BCUT2D eigenvalue weighted by Crippen LogP contribution is -2.14. The first-order valence-corrected chi connectivity index (χ1v) is 6.34. The zero-order chi connectivity index (χ0) is 10.6. The number of pyridine rings is 1. The average Bonchev–Trinajstić information content (AvgIpc) is 2.16. The highest BCUT2D eigenvalue weighted by Crippen LogP contribution is 2.23. The van der Waals surface area contributed by atoms with E-state index in [0.717, 1.165) is 27.7 Å². The van der Waals surface area contributed by atoms with Crippen molar-refractivity contribution in [3.05, 3.63) is 21.2 Å².